The maximum absolute atomic E-state index is 12.8. The molecular weight excluding hydrogens is 380 g/mol. The van der Waals surface area contributed by atoms with Gasteiger partial charge in [-0.1, -0.05) is 23.7 Å². The Kier molecular flexibility index (Phi) is 6.41. The lowest BCUT2D eigenvalue weighted by atomic mass is 10.0. The van der Waals surface area contributed by atoms with E-state index in [1.54, 1.807) is 43.4 Å². The average molecular weight is 403 g/mol. The summed E-state index contributed by atoms with van der Waals surface area (Å²) in [5.74, 6) is 0.911. The van der Waals surface area contributed by atoms with Gasteiger partial charge in [-0.15, -0.1) is 0 Å². The van der Waals surface area contributed by atoms with Crippen LogP contribution < -0.4 is 14.8 Å². The van der Waals surface area contributed by atoms with Gasteiger partial charge in [0.2, 0.25) is 5.91 Å². The van der Waals surface area contributed by atoms with Crippen LogP contribution in [0.2, 0.25) is 5.02 Å². The van der Waals surface area contributed by atoms with Gasteiger partial charge in [0.25, 0.3) is 5.91 Å². The van der Waals surface area contributed by atoms with E-state index in [-0.39, 0.29) is 24.4 Å². The number of likely N-dealkylation sites (tertiary alicyclic amines) is 1. The molecule has 0 aliphatic carbocycles. The number of nitrogens with zero attached hydrogens (tertiary/aromatic N) is 1. The molecule has 1 saturated heterocycles. The number of carbonyl (C=O) groups excluding carboxylic acids is 2. The number of rotatable bonds is 6. The predicted molar refractivity (Wildman–Crippen MR) is 107 cm³/mol. The van der Waals surface area contributed by atoms with E-state index in [0.29, 0.717) is 28.6 Å². The number of amides is 2. The van der Waals surface area contributed by atoms with Crippen LogP contribution in [0.5, 0.6) is 11.5 Å². The van der Waals surface area contributed by atoms with Crippen molar-refractivity contribution in [3.05, 3.63) is 58.6 Å². The summed E-state index contributed by atoms with van der Waals surface area (Å²) in [6.07, 6.45) is 1.71. The van der Waals surface area contributed by atoms with E-state index in [4.69, 9.17) is 21.1 Å². The van der Waals surface area contributed by atoms with Crippen LogP contribution in [-0.4, -0.2) is 44.0 Å². The molecule has 2 amide bonds. The van der Waals surface area contributed by atoms with Gasteiger partial charge < -0.3 is 19.7 Å². The maximum atomic E-state index is 12.8. The third-order valence-electron chi connectivity index (χ3n) is 4.89. The van der Waals surface area contributed by atoms with Crippen molar-refractivity contribution >= 4 is 23.4 Å². The van der Waals surface area contributed by atoms with Crippen molar-refractivity contribution < 1.29 is 19.1 Å². The van der Waals surface area contributed by atoms with Crippen molar-refractivity contribution in [2.24, 2.45) is 0 Å². The molecule has 148 valence electrons. The van der Waals surface area contributed by atoms with Crippen molar-refractivity contribution in [2.45, 2.75) is 18.9 Å². The van der Waals surface area contributed by atoms with E-state index in [1.165, 1.54) is 0 Å². The van der Waals surface area contributed by atoms with Crippen molar-refractivity contribution in [3.8, 4) is 11.5 Å². The smallest absolute Gasteiger partial charge is 0.253 e. The van der Waals surface area contributed by atoms with Gasteiger partial charge in [-0.2, -0.15) is 0 Å². The normalized spacial score (nSPS) is 16.0. The van der Waals surface area contributed by atoms with Gasteiger partial charge in [0.1, 0.15) is 11.5 Å². The van der Waals surface area contributed by atoms with Gasteiger partial charge in [0, 0.05) is 12.1 Å². The molecule has 2 aromatic rings. The summed E-state index contributed by atoms with van der Waals surface area (Å²) in [5.41, 5.74) is 1.26. The third kappa shape index (κ3) is 4.22. The van der Waals surface area contributed by atoms with E-state index < -0.39 is 0 Å². The molecule has 0 spiro atoms. The highest BCUT2D eigenvalue weighted by atomic mass is 35.5. The molecule has 6 nitrogen and oxygen atoms in total. The van der Waals surface area contributed by atoms with E-state index in [1.807, 2.05) is 18.2 Å². The van der Waals surface area contributed by atoms with E-state index in [0.717, 1.165) is 18.4 Å². The highest BCUT2D eigenvalue weighted by Gasteiger charge is 2.32. The first-order chi connectivity index (χ1) is 13.5. The molecule has 0 radical (unpaired) electrons. The Hall–Kier alpha value is -2.73. The molecule has 1 unspecified atom stereocenters. The predicted octanol–water partition coefficient (Wildman–Crippen LogP) is 3.45. The van der Waals surface area contributed by atoms with Crippen molar-refractivity contribution in [2.75, 3.05) is 27.3 Å². The minimum Gasteiger partial charge on any atom is -0.497 e. The van der Waals surface area contributed by atoms with Crippen LogP contribution in [-0.2, 0) is 4.79 Å². The van der Waals surface area contributed by atoms with E-state index in [9.17, 15) is 9.59 Å². The summed E-state index contributed by atoms with van der Waals surface area (Å²) >= 11 is 6.04. The van der Waals surface area contributed by atoms with Gasteiger partial charge in [0.05, 0.1) is 37.4 Å². The number of nitrogens with one attached hydrogen (secondary N) is 1. The summed E-state index contributed by atoms with van der Waals surface area (Å²) in [7, 11) is 3.21. The topological polar surface area (TPSA) is 67.9 Å². The fourth-order valence-electron chi connectivity index (χ4n) is 3.49. The zero-order valence-electron chi connectivity index (χ0n) is 15.9. The average Bonchev–Trinajstić information content (AvgIpc) is 3.21. The molecule has 0 bridgehead atoms. The second kappa shape index (κ2) is 8.97. The zero-order chi connectivity index (χ0) is 20.1. The Labute approximate surface area is 169 Å². The Morgan fingerprint density at radius 2 is 1.96 bits per heavy atom. The van der Waals surface area contributed by atoms with Crippen LogP contribution in [0, 0.1) is 0 Å². The van der Waals surface area contributed by atoms with E-state index in [2.05, 4.69) is 5.32 Å². The Morgan fingerprint density at radius 3 is 2.68 bits per heavy atom. The van der Waals surface area contributed by atoms with Crippen LogP contribution in [0.1, 0.15) is 34.8 Å². The largest absolute Gasteiger partial charge is 0.497 e. The van der Waals surface area contributed by atoms with Gasteiger partial charge >= 0.3 is 0 Å². The monoisotopic (exact) mass is 402 g/mol. The van der Waals surface area contributed by atoms with Gasteiger partial charge in [-0.3, -0.25) is 9.59 Å². The Balaban J connectivity index is 1.72. The lowest BCUT2D eigenvalue weighted by molar-refractivity contribution is -0.131. The summed E-state index contributed by atoms with van der Waals surface area (Å²) in [6, 6.07) is 12.2. The number of hydrogen-bond acceptors (Lipinski definition) is 4. The summed E-state index contributed by atoms with van der Waals surface area (Å²) in [4.78, 5) is 26.9. The fraction of sp³-hybridized carbons (Fsp3) is 0.333. The molecule has 3 rings (SSSR count). The van der Waals surface area contributed by atoms with E-state index >= 15 is 0 Å². The molecule has 0 saturated carbocycles. The van der Waals surface area contributed by atoms with Crippen molar-refractivity contribution in [1.82, 2.24) is 10.2 Å². The van der Waals surface area contributed by atoms with Gasteiger partial charge in [0.15, 0.2) is 0 Å². The summed E-state index contributed by atoms with van der Waals surface area (Å²) in [6.45, 7) is 0.540. The first-order valence-electron chi connectivity index (χ1n) is 9.09. The minimum atomic E-state index is -0.367. The first kappa shape index (κ1) is 20.0. The highest BCUT2D eigenvalue weighted by Crippen LogP contribution is 2.38. The number of hydrogen-bond donors (Lipinski definition) is 1. The van der Waals surface area contributed by atoms with Crippen LogP contribution in [0.25, 0.3) is 0 Å². The molecule has 0 aromatic heterocycles. The van der Waals surface area contributed by atoms with Crippen molar-refractivity contribution in [3.63, 3.8) is 0 Å². The molecule has 1 heterocycles. The summed E-state index contributed by atoms with van der Waals surface area (Å²) in [5, 5.41) is 3.02. The molecular formula is C21H23ClN2O4. The lowest BCUT2D eigenvalue weighted by Crippen LogP contribution is -2.40. The molecule has 28 heavy (non-hydrogen) atoms. The van der Waals surface area contributed by atoms with Crippen LogP contribution in [0.3, 0.4) is 0 Å². The maximum Gasteiger partial charge on any atom is 0.253 e. The van der Waals surface area contributed by atoms with Gasteiger partial charge in [-0.05, 0) is 43.2 Å². The van der Waals surface area contributed by atoms with Crippen LogP contribution in [0.4, 0.5) is 0 Å². The lowest BCUT2D eigenvalue weighted by Gasteiger charge is -2.27. The quantitative estimate of drug-likeness (QED) is 0.803. The minimum absolute atomic E-state index is 0.0904. The molecule has 7 heteroatoms. The third-order valence-corrected chi connectivity index (χ3v) is 5.22. The summed E-state index contributed by atoms with van der Waals surface area (Å²) < 4.78 is 10.8. The molecule has 1 aliphatic heterocycles. The standard InChI is InChI=1S/C21H23ClN2O4/c1-27-14-9-10-19(28-2)16(12-14)18-8-5-11-24(18)20(25)13-23-21(26)15-6-3-4-7-17(15)22/h3-4,6-7,9-10,12,18H,5,8,11,13H2,1-2H3,(H,23,26). The first-order valence-corrected chi connectivity index (χ1v) is 9.47. The van der Waals surface area contributed by atoms with Crippen LogP contribution >= 0.6 is 11.6 Å². The SMILES string of the molecule is COc1ccc(OC)c(C2CCCN2C(=O)CNC(=O)c2ccccc2Cl)c1. The molecule has 1 aliphatic rings. The molecule has 2 aromatic carbocycles. The number of methoxy groups -OCH3 is 2. The van der Waals surface area contributed by atoms with Crippen LogP contribution in [0.15, 0.2) is 42.5 Å². The number of ether oxygens (including phenoxy) is 2. The fourth-order valence-corrected chi connectivity index (χ4v) is 3.71. The molecule has 1 atom stereocenters. The Bertz CT molecular complexity index is 871. The Morgan fingerprint density at radius 1 is 1.18 bits per heavy atom. The van der Waals surface area contributed by atoms with Crippen molar-refractivity contribution in [1.29, 1.82) is 0 Å². The zero-order valence-corrected chi connectivity index (χ0v) is 16.7. The second-order valence-corrected chi connectivity index (χ2v) is 6.92. The number of halogens is 1. The number of benzene rings is 2. The molecule has 1 N–H and O–H groups in total. The highest BCUT2D eigenvalue weighted by molar-refractivity contribution is 6.33. The number of carbonyl (C=O) groups is 2. The second-order valence-electron chi connectivity index (χ2n) is 6.52. The molecule has 1 fully saturated rings. The van der Waals surface area contributed by atoms with Gasteiger partial charge in [-0.25, -0.2) is 0 Å².